The number of hydrogen-bond acceptors (Lipinski definition) is 9. The van der Waals surface area contributed by atoms with Gasteiger partial charge in [0.2, 0.25) is 0 Å². The van der Waals surface area contributed by atoms with Crippen LogP contribution in [0.2, 0.25) is 10.0 Å². The lowest BCUT2D eigenvalue weighted by atomic mass is 9.97. The van der Waals surface area contributed by atoms with Crippen molar-refractivity contribution in [3.05, 3.63) is 45.8 Å². The number of nitrogens with zero attached hydrogens (tertiary/aromatic N) is 4. The zero-order chi connectivity index (χ0) is 21.4. The van der Waals surface area contributed by atoms with E-state index in [0.717, 1.165) is 11.8 Å². The van der Waals surface area contributed by atoms with Gasteiger partial charge in [-0.2, -0.15) is 0 Å². The Hall–Kier alpha value is -1.31. The summed E-state index contributed by atoms with van der Waals surface area (Å²) >= 11 is 14.1. The monoisotopic (exact) mass is 492 g/mol. The number of ether oxygens (including phenoxy) is 1. The topological polar surface area (TPSA) is 114 Å². The lowest BCUT2D eigenvalue weighted by molar-refractivity contribution is -0.178. The van der Waals surface area contributed by atoms with E-state index in [1.165, 1.54) is 28.2 Å². The molecule has 1 saturated heterocycles. The van der Waals surface area contributed by atoms with E-state index >= 15 is 0 Å². The van der Waals surface area contributed by atoms with Crippen LogP contribution in [-0.2, 0) is 4.74 Å². The largest absolute Gasteiger partial charge is 0.394 e. The lowest BCUT2D eigenvalue weighted by Crippen LogP contribution is -2.55. The molecule has 160 valence electrons. The number of thiazole rings is 1. The molecule has 30 heavy (non-hydrogen) atoms. The summed E-state index contributed by atoms with van der Waals surface area (Å²) in [4.78, 5) is 4.61. The molecule has 0 radical (unpaired) electrons. The molecule has 0 spiro atoms. The van der Waals surface area contributed by atoms with Crippen LogP contribution in [0.5, 0.6) is 0 Å². The summed E-state index contributed by atoms with van der Waals surface area (Å²) in [5.74, 6) is -0.744. The minimum Gasteiger partial charge on any atom is -0.394 e. The molecule has 1 fully saturated rings. The third-order valence-electron chi connectivity index (χ3n) is 4.53. The fraction of sp³-hybridized carbons (Fsp3) is 0.353. The molecule has 1 aromatic carbocycles. The Morgan fingerprint density at radius 1 is 1.23 bits per heavy atom. The van der Waals surface area contributed by atoms with E-state index in [-0.39, 0.29) is 10.0 Å². The molecule has 1 aliphatic rings. The maximum absolute atomic E-state index is 13.7. The van der Waals surface area contributed by atoms with E-state index in [4.69, 9.17) is 27.9 Å². The Bertz CT molecular complexity index is 1000. The molecule has 1 aliphatic heterocycles. The molecular formula is C17H15Cl2FN4O4S2. The van der Waals surface area contributed by atoms with Gasteiger partial charge < -0.3 is 20.1 Å². The summed E-state index contributed by atoms with van der Waals surface area (Å²) in [7, 11) is 0. The second kappa shape index (κ2) is 9.05. The number of halogens is 3. The molecule has 0 unspecified atom stereocenters. The van der Waals surface area contributed by atoms with Gasteiger partial charge in [0.1, 0.15) is 40.5 Å². The van der Waals surface area contributed by atoms with E-state index < -0.39 is 42.2 Å². The summed E-state index contributed by atoms with van der Waals surface area (Å²) in [6.45, 7) is -0.486. The third-order valence-corrected chi connectivity index (χ3v) is 7.00. The predicted molar refractivity (Wildman–Crippen MR) is 110 cm³/mol. The SMILES string of the molecule is OC[C@H]1O[C@H](Sc2cc(Cl)c(F)c(Cl)c2)[C@H](O)[C@@H](n2cc(-c3nccs3)nn2)[C@H]1O. The van der Waals surface area contributed by atoms with Crippen molar-refractivity contribution in [1.29, 1.82) is 0 Å². The van der Waals surface area contributed by atoms with Crippen molar-refractivity contribution in [2.75, 3.05) is 6.61 Å². The number of aliphatic hydroxyl groups excluding tert-OH is 3. The molecule has 3 aromatic rings. The second-order valence-corrected chi connectivity index (χ2v) is 9.32. The van der Waals surface area contributed by atoms with Gasteiger partial charge in [0, 0.05) is 16.5 Å². The number of benzene rings is 1. The maximum Gasteiger partial charge on any atom is 0.160 e. The fourth-order valence-electron chi connectivity index (χ4n) is 3.08. The van der Waals surface area contributed by atoms with E-state index in [0.29, 0.717) is 15.6 Å². The highest BCUT2D eigenvalue weighted by atomic mass is 35.5. The van der Waals surface area contributed by atoms with Crippen molar-refractivity contribution in [1.82, 2.24) is 20.0 Å². The third kappa shape index (κ3) is 4.21. The molecule has 3 N–H and O–H groups in total. The van der Waals surface area contributed by atoms with Gasteiger partial charge in [-0.15, -0.1) is 16.4 Å². The van der Waals surface area contributed by atoms with Crippen LogP contribution in [0.25, 0.3) is 10.7 Å². The maximum atomic E-state index is 13.7. The highest BCUT2D eigenvalue weighted by Crippen LogP contribution is 2.40. The Morgan fingerprint density at radius 3 is 2.60 bits per heavy atom. The van der Waals surface area contributed by atoms with E-state index in [1.54, 1.807) is 17.8 Å². The van der Waals surface area contributed by atoms with Gasteiger partial charge in [-0.3, -0.25) is 0 Å². The Balaban J connectivity index is 1.62. The van der Waals surface area contributed by atoms with Crippen LogP contribution in [0.1, 0.15) is 6.04 Å². The van der Waals surface area contributed by atoms with Crippen molar-refractivity contribution in [3.63, 3.8) is 0 Å². The molecule has 0 saturated carbocycles. The lowest BCUT2D eigenvalue weighted by Gasteiger charge is -2.41. The summed E-state index contributed by atoms with van der Waals surface area (Å²) in [6.07, 6.45) is -0.308. The second-order valence-electron chi connectivity index (χ2n) is 6.44. The number of aromatic nitrogens is 4. The van der Waals surface area contributed by atoms with E-state index in [1.807, 2.05) is 0 Å². The van der Waals surface area contributed by atoms with Crippen LogP contribution < -0.4 is 0 Å². The molecule has 0 aliphatic carbocycles. The van der Waals surface area contributed by atoms with Gasteiger partial charge in [0.25, 0.3) is 0 Å². The first-order valence-corrected chi connectivity index (χ1v) is 11.2. The Kier molecular flexibility index (Phi) is 6.61. The first kappa shape index (κ1) is 21.9. The van der Waals surface area contributed by atoms with Crippen LogP contribution >= 0.6 is 46.3 Å². The standard InChI is InChI=1S/C17H15Cl2FN4O4S2/c18-8-3-7(4-9(19)12(8)20)30-17-15(27)13(14(26)11(6-25)28-17)24-5-10(22-23-24)16-21-1-2-29-16/h1-5,11,13-15,17,25-27H,6H2/t11-,13+,14+,15-,17-/m1/s1. The minimum absolute atomic E-state index is 0.171. The first-order valence-electron chi connectivity index (χ1n) is 8.64. The molecular weight excluding hydrogens is 478 g/mol. The molecule has 2 aromatic heterocycles. The average Bonchev–Trinajstić information content (AvgIpc) is 3.40. The molecule has 3 heterocycles. The molecule has 4 rings (SSSR count). The number of rotatable bonds is 5. The molecule has 5 atom stereocenters. The van der Waals surface area contributed by atoms with Crippen LogP contribution in [0, 0.1) is 5.82 Å². The summed E-state index contributed by atoms with van der Waals surface area (Å²) in [5.41, 5.74) is -0.446. The van der Waals surface area contributed by atoms with Crippen molar-refractivity contribution < 1.29 is 24.4 Å². The van der Waals surface area contributed by atoms with Crippen molar-refractivity contribution in [3.8, 4) is 10.7 Å². The minimum atomic E-state index is -1.26. The van der Waals surface area contributed by atoms with Gasteiger partial charge in [-0.1, -0.05) is 40.2 Å². The van der Waals surface area contributed by atoms with Gasteiger partial charge in [-0.05, 0) is 12.1 Å². The first-order chi connectivity index (χ1) is 14.4. The zero-order valence-corrected chi connectivity index (χ0v) is 18.1. The summed E-state index contributed by atoms with van der Waals surface area (Å²) in [5, 5.41) is 41.4. The molecule has 0 bridgehead atoms. The van der Waals surface area contributed by atoms with Gasteiger partial charge in [-0.25, -0.2) is 14.1 Å². The Morgan fingerprint density at radius 2 is 1.97 bits per heavy atom. The van der Waals surface area contributed by atoms with Crippen LogP contribution in [0.3, 0.4) is 0 Å². The quantitative estimate of drug-likeness (QED) is 0.465. The fourth-order valence-corrected chi connectivity index (χ4v) is 5.42. The van der Waals surface area contributed by atoms with Crippen LogP contribution in [0.15, 0.2) is 34.8 Å². The van der Waals surface area contributed by atoms with Crippen LogP contribution in [-0.4, -0.2) is 65.7 Å². The highest BCUT2D eigenvalue weighted by molar-refractivity contribution is 7.99. The average molecular weight is 493 g/mol. The van der Waals surface area contributed by atoms with Gasteiger partial charge in [0.15, 0.2) is 5.82 Å². The summed E-state index contributed by atoms with van der Waals surface area (Å²) < 4.78 is 20.7. The van der Waals surface area contributed by atoms with Crippen molar-refractivity contribution in [2.45, 2.75) is 34.7 Å². The number of aliphatic hydroxyl groups is 3. The van der Waals surface area contributed by atoms with Crippen molar-refractivity contribution in [2.24, 2.45) is 0 Å². The summed E-state index contributed by atoms with van der Waals surface area (Å²) in [6, 6.07) is 1.75. The normalized spacial score (nSPS) is 26.8. The van der Waals surface area contributed by atoms with Crippen molar-refractivity contribution >= 4 is 46.3 Å². The van der Waals surface area contributed by atoms with Gasteiger partial charge in [0.05, 0.1) is 22.8 Å². The van der Waals surface area contributed by atoms with Gasteiger partial charge >= 0.3 is 0 Å². The molecule has 0 amide bonds. The van der Waals surface area contributed by atoms with E-state index in [9.17, 15) is 19.7 Å². The molecule has 8 nitrogen and oxygen atoms in total. The predicted octanol–water partition coefficient (Wildman–Crippen LogP) is 2.62. The van der Waals surface area contributed by atoms with Crippen LogP contribution in [0.4, 0.5) is 4.39 Å². The Labute approximate surface area is 188 Å². The number of hydrogen-bond donors (Lipinski definition) is 3. The molecule has 13 heteroatoms. The zero-order valence-electron chi connectivity index (χ0n) is 15.0. The van der Waals surface area contributed by atoms with E-state index in [2.05, 4.69) is 15.3 Å². The highest BCUT2D eigenvalue weighted by Gasteiger charge is 2.46. The number of thioether (sulfide) groups is 1. The smallest absolute Gasteiger partial charge is 0.160 e.